The minimum absolute atomic E-state index is 0.345. The van der Waals surface area contributed by atoms with Crippen LogP contribution in [0, 0.1) is 6.92 Å². The van der Waals surface area contributed by atoms with Crippen LogP contribution >= 0.6 is 0 Å². The normalized spacial score (nSPS) is 16.1. The van der Waals surface area contributed by atoms with Gasteiger partial charge in [-0.25, -0.2) is 0 Å². The molecule has 0 spiro atoms. The number of para-hydroxylation sites is 1. The Morgan fingerprint density at radius 3 is 2.33 bits per heavy atom. The first-order valence-corrected chi connectivity index (χ1v) is 7.64. The van der Waals surface area contributed by atoms with E-state index in [4.69, 9.17) is 0 Å². The summed E-state index contributed by atoms with van der Waals surface area (Å²) in [6.45, 7) is 7.77. The van der Waals surface area contributed by atoms with Crippen LogP contribution in [0.4, 0.5) is 5.69 Å². The maximum absolute atomic E-state index is 9.34. The van der Waals surface area contributed by atoms with Crippen LogP contribution < -0.4 is 9.80 Å². The highest BCUT2D eigenvalue weighted by Crippen LogP contribution is 2.18. The Hall–Kier alpha value is -2.00. The van der Waals surface area contributed by atoms with Crippen molar-refractivity contribution in [2.45, 2.75) is 13.5 Å². The number of hydrogen-bond donors (Lipinski definition) is 2. The molecule has 1 saturated heterocycles. The Bertz CT molecular complexity index is 586. The van der Waals surface area contributed by atoms with Crippen molar-refractivity contribution >= 4 is 5.69 Å². The fourth-order valence-corrected chi connectivity index (χ4v) is 3.06. The number of rotatable bonds is 3. The topological polar surface area (TPSA) is 27.9 Å². The highest BCUT2D eigenvalue weighted by molar-refractivity contribution is 5.53. The molecule has 3 heteroatoms. The molecule has 3 nitrogen and oxygen atoms in total. The third kappa shape index (κ3) is 3.37. The van der Waals surface area contributed by atoms with E-state index in [1.54, 1.807) is 17.0 Å². The van der Waals surface area contributed by atoms with Gasteiger partial charge in [-0.05, 0) is 42.8 Å². The average Bonchev–Trinajstić information content (AvgIpc) is 2.51. The van der Waals surface area contributed by atoms with Crippen LogP contribution in [0.15, 0.2) is 48.5 Å². The number of nitrogens with one attached hydrogen (secondary N) is 1. The Morgan fingerprint density at radius 1 is 1.00 bits per heavy atom. The minimum atomic E-state index is 0.345. The van der Waals surface area contributed by atoms with E-state index in [2.05, 4.69) is 36.1 Å². The maximum atomic E-state index is 9.34. The zero-order chi connectivity index (χ0) is 14.7. The number of piperazine rings is 1. The molecule has 2 aromatic carbocycles. The first kappa shape index (κ1) is 14.0. The van der Waals surface area contributed by atoms with Gasteiger partial charge in [-0.15, -0.1) is 0 Å². The molecule has 0 aromatic heterocycles. The summed E-state index contributed by atoms with van der Waals surface area (Å²) < 4.78 is 0. The molecule has 0 bridgehead atoms. The van der Waals surface area contributed by atoms with E-state index in [-0.39, 0.29) is 0 Å². The van der Waals surface area contributed by atoms with Crippen LogP contribution in [-0.2, 0) is 6.54 Å². The molecule has 1 aliphatic heterocycles. The summed E-state index contributed by atoms with van der Waals surface area (Å²) >= 11 is 0. The summed E-state index contributed by atoms with van der Waals surface area (Å²) in [7, 11) is 0. The van der Waals surface area contributed by atoms with E-state index in [0.717, 1.165) is 32.7 Å². The number of phenolic OH excluding ortho intramolecular Hbond substituents is 1. The molecule has 1 fully saturated rings. The second-order valence-corrected chi connectivity index (χ2v) is 5.87. The van der Waals surface area contributed by atoms with Gasteiger partial charge >= 0.3 is 0 Å². The molecular weight excluding hydrogens is 260 g/mol. The number of nitrogens with zero attached hydrogens (tertiary/aromatic N) is 1. The molecule has 0 aliphatic carbocycles. The number of benzene rings is 2. The van der Waals surface area contributed by atoms with Crippen LogP contribution in [0.25, 0.3) is 0 Å². The van der Waals surface area contributed by atoms with Crippen molar-refractivity contribution in [1.29, 1.82) is 0 Å². The van der Waals surface area contributed by atoms with Gasteiger partial charge in [0.2, 0.25) is 0 Å². The van der Waals surface area contributed by atoms with Gasteiger partial charge in [-0.1, -0.05) is 18.2 Å². The van der Waals surface area contributed by atoms with Crippen LogP contribution in [0.1, 0.15) is 11.1 Å². The molecule has 2 aromatic rings. The highest BCUT2D eigenvalue weighted by atomic mass is 16.3. The zero-order valence-corrected chi connectivity index (χ0v) is 12.5. The largest absolute Gasteiger partial charge is 0.508 e. The molecule has 110 valence electrons. The summed E-state index contributed by atoms with van der Waals surface area (Å²) in [6.07, 6.45) is 0. The first-order chi connectivity index (χ1) is 10.2. The first-order valence-electron chi connectivity index (χ1n) is 7.64. The van der Waals surface area contributed by atoms with Crippen LogP contribution in [0.3, 0.4) is 0 Å². The van der Waals surface area contributed by atoms with Crippen molar-refractivity contribution in [1.82, 2.24) is 0 Å². The molecule has 2 N–H and O–H groups in total. The zero-order valence-electron chi connectivity index (χ0n) is 12.5. The number of quaternary nitrogens is 1. The Balaban J connectivity index is 1.58. The van der Waals surface area contributed by atoms with Crippen molar-refractivity contribution in [3.63, 3.8) is 0 Å². The van der Waals surface area contributed by atoms with Gasteiger partial charge in [0.05, 0.1) is 26.2 Å². The van der Waals surface area contributed by atoms with Crippen LogP contribution in [-0.4, -0.2) is 31.3 Å². The second-order valence-electron chi connectivity index (χ2n) is 5.87. The van der Waals surface area contributed by atoms with Crippen molar-refractivity contribution < 1.29 is 10.0 Å². The monoisotopic (exact) mass is 283 g/mol. The van der Waals surface area contributed by atoms with Gasteiger partial charge in [-0.3, -0.25) is 0 Å². The van der Waals surface area contributed by atoms with Gasteiger partial charge in [0.25, 0.3) is 0 Å². The lowest BCUT2D eigenvalue weighted by Gasteiger charge is -2.34. The van der Waals surface area contributed by atoms with E-state index in [1.807, 2.05) is 12.1 Å². The number of anilines is 1. The van der Waals surface area contributed by atoms with Crippen LogP contribution in [0.2, 0.25) is 0 Å². The minimum Gasteiger partial charge on any atom is -0.508 e. The van der Waals surface area contributed by atoms with Gasteiger partial charge in [0.15, 0.2) is 0 Å². The van der Waals surface area contributed by atoms with Crippen molar-refractivity contribution in [2.75, 3.05) is 31.1 Å². The molecule has 0 saturated carbocycles. The molecule has 0 atom stereocenters. The molecule has 3 rings (SSSR count). The van der Waals surface area contributed by atoms with Gasteiger partial charge in [0, 0.05) is 11.3 Å². The Labute approximate surface area is 126 Å². The SMILES string of the molecule is Cc1ccccc1N1CC[NH+](Cc2ccc(O)cc2)CC1. The fourth-order valence-electron chi connectivity index (χ4n) is 3.06. The smallest absolute Gasteiger partial charge is 0.115 e. The van der Waals surface area contributed by atoms with Crippen molar-refractivity contribution in [3.05, 3.63) is 59.7 Å². The van der Waals surface area contributed by atoms with Crippen molar-refractivity contribution in [2.24, 2.45) is 0 Å². The molecule has 1 aliphatic rings. The van der Waals surface area contributed by atoms with E-state index in [0.29, 0.717) is 5.75 Å². The summed E-state index contributed by atoms with van der Waals surface area (Å²) in [5.41, 5.74) is 4.04. The molecule has 1 heterocycles. The number of aromatic hydroxyl groups is 1. The molecule has 0 radical (unpaired) electrons. The fraction of sp³-hybridized carbons (Fsp3) is 0.333. The van der Waals surface area contributed by atoms with E-state index >= 15 is 0 Å². The Morgan fingerprint density at radius 2 is 1.67 bits per heavy atom. The maximum Gasteiger partial charge on any atom is 0.115 e. The molecular formula is C18H23N2O+. The lowest BCUT2D eigenvalue weighted by atomic mass is 10.1. The number of aryl methyl sites for hydroxylation is 1. The second kappa shape index (κ2) is 6.19. The predicted molar refractivity (Wildman–Crippen MR) is 85.9 cm³/mol. The summed E-state index contributed by atoms with van der Waals surface area (Å²) in [5.74, 6) is 0.345. The summed E-state index contributed by atoms with van der Waals surface area (Å²) in [4.78, 5) is 4.11. The molecule has 21 heavy (non-hydrogen) atoms. The number of hydrogen-bond acceptors (Lipinski definition) is 2. The summed E-state index contributed by atoms with van der Waals surface area (Å²) in [6, 6.07) is 16.2. The van der Waals surface area contributed by atoms with E-state index in [9.17, 15) is 5.11 Å². The van der Waals surface area contributed by atoms with Gasteiger partial charge < -0.3 is 14.9 Å². The van der Waals surface area contributed by atoms with Gasteiger partial charge in [-0.2, -0.15) is 0 Å². The number of phenols is 1. The quantitative estimate of drug-likeness (QED) is 0.895. The lowest BCUT2D eigenvalue weighted by Crippen LogP contribution is -3.13. The van der Waals surface area contributed by atoms with Crippen LogP contribution in [0.5, 0.6) is 5.75 Å². The third-order valence-electron chi connectivity index (χ3n) is 4.32. The Kier molecular flexibility index (Phi) is 4.11. The van der Waals surface area contributed by atoms with E-state index < -0.39 is 0 Å². The van der Waals surface area contributed by atoms with Crippen molar-refractivity contribution in [3.8, 4) is 5.75 Å². The van der Waals surface area contributed by atoms with Gasteiger partial charge in [0.1, 0.15) is 12.3 Å². The average molecular weight is 283 g/mol. The predicted octanol–water partition coefficient (Wildman–Crippen LogP) is 1.61. The highest BCUT2D eigenvalue weighted by Gasteiger charge is 2.20. The van der Waals surface area contributed by atoms with E-state index in [1.165, 1.54) is 16.8 Å². The third-order valence-corrected chi connectivity index (χ3v) is 4.32. The molecule has 0 unspecified atom stereocenters. The molecule has 0 amide bonds. The summed E-state index contributed by atoms with van der Waals surface area (Å²) in [5, 5.41) is 9.34. The lowest BCUT2D eigenvalue weighted by molar-refractivity contribution is -0.914. The standard InChI is InChI=1S/C18H22N2O/c1-15-4-2-3-5-18(15)20-12-10-19(11-13-20)14-16-6-8-17(21)9-7-16/h2-9,21H,10-14H2,1H3/p+1.